The molecule has 0 fully saturated rings. The minimum atomic E-state index is -0.468. The Hall–Kier alpha value is -3.94. The molecule has 0 atom stereocenters. The summed E-state index contributed by atoms with van der Waals surface area (Å²) in [6.45, 7) is 10.2. The van der Waals surface area contributed by atoms with Crippen LogP contribution in [-0.2, 0) is 13.0 Å². The molecule has 2 N–H and O–H groups in total. The molecule has 0 aliphatic carbocycles. The summed E-state index contributed by atoms with van der Waals surface area (Å²) >= 11 is 0. The van der Waals surface area contributed by atoms with E-state index < -0.39 is 5.82 Å². The number of hydrogen-bond acceptors (Lipinski definition) is 4. The molecule has 0 saturated heterocycles. The highest BCUT2D eigenvalue weighted by Gasteiger charge is 2.19. The molecule has 3 heterocycles. The summed E-state index contributed by atoms with van der Waals surface area (Å²) in [5, 5.41) is 2.92. The number of benzene rings is 1. The molecule has 7 nitrogen and oxygen atoms in total. The van der Waals surface area contributed by atoms with E-state index in [2.05, 4.69) is 22.2 Å². The first kappa shape index (κ1) is 28.6. The number of hydrogen-bond donors (Lipinski definition) is 2. The minimum absolute atomic E-state index is 0. The molecular weight excluding hydrogens is 483 g/mol. The zero-order valence-electron chi connectivity index (χ0n) is 21.9. The van der Waals surface area contributed by atoms with Crippen LogP contribution in [0, 0.1) is 12.7 Å². The lowest BCUT2D eigenvalue weighted by molar-refractivity contribution is 0.0944. The summed E-state index contributed by atoms with van der Waals surface area (Å²) in [5.74, 6) is -0.516. The summed E-state index contributed by atoms with van der Waals surface area (Å²) in [5.41, 5.74) is 5.33. The Morgan fingerprint density at radius 3 is 2.58 bits per heavy atom. The lowest BCUT2D eigenvalue weighted by Gasteiger charge is -2.14. The number of aromatic nitrogens is 3. The van der Waals surface area contributed by atoms with Crippen LogP contribution in [0.1, 0.15) is 80.5 Å². The van der Waals surface area contributed by atoms with Crippen LogP contribution in [0.2, 0.25) is 0 Å². The van der Waals surface area contributed by atoms with Gasteiger partial charge in [-0.25, -0.2) is 9.37 Å². The van der Waals surface area contributed by atoms with Crippen molar-refractivity contribution in [2.75, 3.05) is 6.61 Å². The van der Waals surface area contributed by atoms with Gasteiger partial charge in [0.15, 0.2) is 11.6 Å². The molecule has 3 aromatic heterocycles. The molecule has 4 rings (SSSR count). The molecule has 1 amide bonds. The third-order valence-electron chi connectivity index (χ3n) is 6.33. The number of amides is 1. The van der Waals surface area contributed by atoms with E-state index in [1.54, 1.807) is 35.9 Å². The zero-order chi connectivity index (χ0) is 26.7. The van der Waals surface area contributed by atoms with Gasteiger partial charge in [-0.1, -0.05) is 40.7 Å². The Kier molecular flexibility index (Phi) is 9.09. The number of fused-ring (bicyclic) bond motifs is 1. The zero-order valence-corrected chi connectivity index (χ0v) is 21.9. The number of nitrogens with zero attached hydrogens (tertiary/aromatic N) is 2. The monoisotopic (exact) mass is 520 g/mol. The van der Waals surface area contributed by atoms with Gasteiger partial charge >= 0.3 is 0 Å². The second kappa shape index (κ2) is 12.1. The van der Waals surface area contributed by atoms with Gasteiger partial charge < -0.3 is 15.0 Å². The van der Waals surface area contributed by atoms with Gasteiger partial charge in [0.1, 0.15) is 12.0 Å². The number of carbonyl (C=O) groups is 1. The van der Waals surface area contributed by atoms with Crippen LogP contribution >= 0.6 is 0 Å². The van der Waals surface area contributed by atoms with Crippen LogP contribution in [0.5, 0.6) is 5.75 Å². The smallest absolute Gasteiger partial charge is 0.268 e. The second-order valence-corrected chi connectivity index (χ2v) is 9.47. The van der Waals surface area contributed by atoms with Gasteiger partial charge in [-0.3, -0.25) is 14.0 Å². The van der Waals surface area contributed by atoms with E-state index in [1.807, 2.05) is 32.9 Å². The van der Waals surface area contributed by atoms with Crippen molar-refractivity contribution in [3.05, 3.63) is 87.1 Å². The maximum Gasteiger partial charge on any atom is 0.268 e. The fourth-order valence-electron chi connectivity index (χ4n) is 4.58. The largest absolute Gasteiger partial charge is 0.491 e. The van der Waals surface area contributed by atoms with E-state index in [-0.39, 0.29) is 37.1 Å². The van der Waals surface area contributed by atoms with Crippen molar-refractivity contribution in [1.29, 1.82) is 0 Å². The summed E-state index contributed by atoms with van der Waals surface area (Å²) in [7, 11) is 0. The maximum absolute atomic E-state index is 14.7. The SMILES string of the molecule is C.CCCc1cc(C)[nH]c(=O)c1CNC(=O)c1cc(-c2ccc(OCC)c(F)c2)cc2c(C(C)C)ncn12. The topological polar surface area (TPSA) is 88.5 Å². The normalized spacial score (nSPS) is 11.0. The fourth-order valence-corrected chi connectivity index (χ4v) is 4.58. The molecule has 202 valence electrons. The summed E-state index contributed by atoms with van der Waals surface area (Å²) < 4.78 is 21.7. The Morgan fingerprint density at radius 2 is 1.92 bits per heavy atom. The van der Waals surface area contributed by atoms with Gasteiger partial charge in [-0.15, -0.1) is 0 Å². The third-order valence-corrected chi connectivity index (χ3v) is 6.33. The van der Waals surface area contributed by atoms with Crippen molar-refractivity contribution >= 4 is 11.4 Å². The molecule has 1 aromatic carbocycles. The van der Waals surface area contributed by atoms with Crippen LogP contribution in [0.3, 0.4) is 0 Å². The number of halogens is 1. The Balaban J connectivity index is 0.00000400. The van der Waals surface area contributed by atoms with Crippen molar-refractivity contribution in [3.63, 3.8) is 0 Å². The van der Waals surface area contributed by atoms with Crippen molar-refractivity contribution in [1.82, 2.24) is 19.7 Å². The average molecular weight is 521 g/mol. The molecular formula is C30H37FN4O3. The minimum Gasteiger partial charge on any atom is -0.491 e. The molecule has 38 heavy (non-hydrogen) atoms. The Morgan fingerprint density at radius 1 is 1.16 bits per heavy atom. The molecule has 8 heteroatoms. The number of nitrogens with one attached hydrogen (secondary N) is 2. The van der Waals surface area contributed by atoms with E-state index in [0.29, 0.717) is 29.0 Å². The van der Waals surface area contributed by atoms with Gasteiger partial charge in [-0.05, 0) is 73.2 Å². The van der Waals surface area contributed by atoms with E-state index in [0.717, 1.165) is 35.3 Å². The first-order valence-corrected chi connectivity index (χ1v) is 12.7. The maximum atomic E-state index is 14.7. The van der Waals surface area contributed by atoms with Crippen LogP contribution in [0.25, 0.3) is 16.6 Å². The molecule has 0 unspecified atom stereocenters. The molecule has 0 aliphatic rings. The number of H-pyrrole nitrogens is 1. The van der Waals surface area contributed by atoms with Crippen molar-refractivity contribution in [2.24, 2.45) is 0 Å². The van der Waals surface area contributed by atoms with Crippen LogP contribution < -0.4 is 15.6 Å². The van der Waals surface area contributed by atoms with Gasteiger partial charge in [-0.2, -0.15) is 0 Å². The number of pyridine rings is 2. The second-order valence-electron chi connectivity index (χ2n) is 9.47. The molecule has 0 saturated carbocycles. The summed E-state index contributed by atoms with van der Waals surface area (Å²) in [6, 6.07) is 10.4. The number of imidazole rings is 1. The predicted molar refractivity (Wildman–Crippen MR) is 150 cm³/mol. The third kappa shape index (κ3) is 5.79. The fraction of sp³-hybridized carbons (Fsp3) is 0.367. The van der Waals surface area contributed by atoms with Crippen LogP contribution in [-0.4, -0.2) is 26.9 Å². The molecule has 0 bridgehead atoms. The van der Waals surface area contributed by atoms with E-state index in [1.165, 1.54) is 6.07 Å². The van der Waals surface area contributed by atoms with Crippen LogP contribution in [0.4, 0.5) is 4.39 Å². The Labute approximate surface area is 223 Å². The predicted octanol–water partition coefficient (Wildman–Crippen LogP) is 6.18. The van der Waals surface area contributed by atoms with Crippen LogP contribution in [0.15, 0.2) is 47.5 Å². The highest BCUT2D eigenvalue weighted by Crippen LogP contribution is 2.30. The number of carbonyl (C=O) groups excluding carboxylic acids is 1. The van der Waals surface area contributed by atoms with Crippen molar-refractivity contribution in [2.45, 2.75) is 67.3 Å². The summed E-state index contributed by atoms with van der Waals surface area (Å²) in [4.78, 5) is 33.5. The number of ether oxygens (including phenoxy) is 1. The lowest BCUT2D eigenvalue weighted by Crippen LogP contribution is -2.29. The molecule has 0 spiro atoms. The average Bonchev–Trinajstić information content (AvgIpc) is 3.28. The molecule has 4 aromatic rings. The lowest BCUT2D eigenvalue weighted by atomic mass is 10.0. The molecule has 0 radical (unpaired) electrons. The molecule has 0 aliphatic heterocycles. The van der Waals surface area contributed by atoms with Gasteiger partial charge in [0.05, 0.1) is 17.8 Å². The summed E-state index contributed by atoms with van der Waals surface area (Å²) in [6.07, 6.45) is 3.26. The van der Waals surface area contributed by atoms with Gasteiger partial charge in [0.25, 0.3) is 11.5 Å². The number of aromatic amines is 1. The van der Waals surface area contributed by atoms with E-state index >= 15 is 0 Å². The van der Waals surface area contributed by atoms with Crippen molar-refractivity contribution < 1.29 is 13.9 Å². The van der Waals surface area contributed by atoms with Gasteiger partial charge in [0, 0.05) is 17.8 Å². The standard InChI is InChI=1S/C29H33FN4O3.CH4/c1-6-8-20-11-18(5)33-28(35)22(20)15-31-29(36)25-14-21(13-24-27(17(3)4)32-16-34(24)25)19-9-10-26(37-7-2)23(30)12-19;/h9-14,16-17H,6-8,15H2,1-5H3,(H,31,36)(H,33,35);1H4. The first-order valence-electron chi connectivity index (χ1n) is 12.7. The van der Waals surface area contributed by atoms with E-state index in [9.17, 15) is 14.0 Å². The van der Waals surface area contributed by atoms with Crippen molar-refractivity contribution in [3.8, 4) is 16.9 Å². The number of aryl methyl sites for hydroxylation is 2. The highest BCUT2D eigenvalue weighted by atomic mass is 19.1. The quantitative estimate of drug-likeness (QED) is 0.276. The highest BCUT2D eigenvalue weighted by molar-refractivity contribution is 5.95. The number of rotatable bonds is 9. The Bertz CT molecular complexity index is 1500. The first-order chi connectivity index (χ1) is 17.7. The van der Waals surface area contributed by atoms with E-state index in [4.69, 9.17) is 4.74 Å². The van der Waals surface area contributed by atoms with Gasteiger partial charge in [0.2, 0.25) is 0 Å².